The van der Waals surface area contributed by atoms with Crippen molar-refractivity contribution in [3.63, 3.8) is 0 Å². The van der Waals surface area contributed by atoms with Gasteiger partial charge in [-0.3, -0.25) is 14.7 Å². The zero-order valence-electron chi connectivity index (χ0n) is 13.4. The molecule has 0 aliphatic carbocycles. The molecule has 1 heterocycles. The standard InChI is InChI=1S/C18H20N2O2S/c1-5-7-14-11-13(8-9-15(14)22-10-6-2)12-16-17(21)20(4)18(19-3)23-16/h5-6,8-9,11-12H,1-2,7,10H2,3-4H3/b16-12-,19-18?. The lowest BCUT2D eigenvalue weighted by Gasteiger charge is -2.10. The molecule has 1 aliphatic rings. The topological polar surface area (TPSA) is 41.9 Å². The van der Waals surface area contributed by atoms with Crippen LogP contribution in [0.25, 0.3) is 6.08 Å². The quantitative estimate of drug-likeness (QED) is 0.593. The molecule has 0 saturated carbocycles. The second-order valence-corrected chi connectivity index (χ2v) is 5.95. The van der Waals surface area contributed by atoms with E-state index in [-0.39, 0.29) is 5.91 Å². The van der Waals surface area contributed by atoms with Crippen LogP contribution in [0.2, 0.25) is 0 Å². The molecule has 0 aromatic heterocycles. The Morgan fingerprint density at radius 3 is 2.74 bits per heavy atom. The summed E-state index contributed by atoms with van der Waals surface area (Å²) >= 11 is 1.38. The minimum atomic E-state index is -0.0344. The number of amides is 1. The molecule has 0 bridgehead atoms. The van der Waals surface area contributed by atoms with Gasteiger partial charge >= 0.3 is 0 Å². The van der Waals surface area contributed by atoms with Crippen LogP contribution in [0.1, 0.15) is 11.1 Å². The highest BCUT2D eigenvalue weighted by Gasteiger charge is 2.29. The summed E-state index contributed by atoms with van der Waals surface area (Å²) in [4.78, 5) is 18.5. The van der Waals surface area contributed by atoms with Crippen LogP contribution in [0, 0.1) is 0 Å². The molecule has 0 N–H and O–H groups in total. The zero-order valence-corrected chi connectivity index (χ0v) is 14.2. The lowest BCUT2D eigenvalue weighted by atomic mass is 10.1. The molecule has 0 unspecified atom stereocenters. The minimum Gasteiger partial charge on any atom is -0.489 e. The van der Waals surface area contributed by atoms with Crippen molar-refractivity contribution in [2.75, 3.05) is 20.7 Å². The lowest BCUT2D eigenvalue weighted by molar-refractivity contribution is -0.121. The van der Waals surface area contributed by atoms with Crippen molar-refractivity contribution in [3.05, 3.63) is 59.5 Å². The number of thioether (sulfide) groups is 1. The number of amidine groups is 1. The maximum atomic E-state index is 12.2. The summed E-state index contributed by atoms with van der Waals surface area (Å²) in [5.74, 6) is 0.776. The molecule has 2 rings (SSSR count). The third-order valence-corrected chi connectivity index (χ3v) is 4.45. The molecule has 0 radical (unpaired) electrons. The molecule has 4 nitrogen and oxygen atoms in total. The Hall–Kier alpha value is -2.27. The predicted molar refractivity (Wildman–Crippen MR) is 97.7 cm³/mol. The number of benzene rings is 1. The Morgan fingerprint density at radius 2 is 2.13 bits per heavy atom. The third-order valence-electron chi connectivity index (χ3n) is 3.30. The van der Waals surface area contributed by atoms with Crippen molar-refractivity contribution < 1.29 is 9.53 Å². The van der Waals surface area contributed by atoms with E-state index in [1.807, 2.05) is 30.4 Å². The van der Waals surface area contributed by atoms with Crippen LogP contribution in [0.3, 0.4) is 0 Å². The van der Waals surface area contributed by atoms with Crippen LogP contribution >= 0.6 is 11.8 Å². The van der Waals surface area contributed by atoms with E-state index in [0.29, 0.717) is 23.1 Å². The van der Waals surface area contributed by atoms with Crippen LogP contribution in [-0.4, -0.2) is 36.7 Å². The van der Waals surface area contributed by atoms with E-state index < -0.39 is 0 Å². The normalized spacial score (nSPS) is 17.8. The van der Waals surface area contributed by atoms with E-state index in [4.69, 9.17) is 4.74 Å². The highest BCUT2D eigenvalue weighted by Crippen LogP contribution is 2.32. The number of aliphatic imine (C=N–C) groups is 1. The van der Waals surface area contributed by atoms with Crippen molar-refractivity contribution in [1.29, 1.82) is 0 Å². The Bertz CT molecular complexity index is 692. The minimum absolute atomic E-state index is 0.0344. The maximum Gasteiger partial charge on any atom is 0.266 e. The second-order valence-electron chi connectivity index (χ2n) is 4.94. The number of allylic oxidation sites excluding steroid dienone is 1. The summed E-state index contributed by atoms with van der Waals surface area (Å²) in [7, 11) is 3.41. The smallest absolute Gasteiger partial charge is 0.266 e. The van der Waals surface area contributed by atoms with Gasteiger partial charge in [0.2, 0.25) is 0 Å². The van der Waals surface area contributed by atoms with Crippen molar-refractivity contribution >= 4 is 28.9 Å². The zero-order chi connectivity index (χ0) is 16.8. The van der Waals surface area contributed by atoms with Crippen molar-refractivity contribution in [2.24, 2.45) is 4.99 Å². The monoisotopic (exact) mass is 328 g/mol. The van der Waals surface area contributed by atoms with E-state index in [2.05, 4.69) is 18.2 Å². The molecule has 1 aromatic carbocycles. The first-order valence-corrected chi connectivity index (χ1v) is 8.04. The average molecular weight is 328 g/mol. The Morgan fingerprint density at radius 1 is 1.35 bits per heavy atom. The fraction of sp³-hybridized carbons (Fsp3) is 0.222. The SMILES string of the molecule is C=CCOc1ccc(/C=C2\SC(=NC)N(C)C2=O)cc1CC=C. The van der Waals surface area contributed by atoms with Gasteiger partial charge in [-0.25, -0.2) is 0 Å². The number of carbonyl (C=O) groups excluding carboxylic acids is 1. The van der Waals surface area contributed by atoms with Gasteiger partial charge in [0.25, 0.3) is 5.91 Å². The van der Waals surface area contributed by atoms with Crippen LogP contribution in [0.15, 0.2) is 53.4 Å². The van der Waals surface area contributed by atoms with Crippen molar-refractivity contribution in [2.45, 2.75) is 6.42 Å². The van der Waals surface area contributed by atoms with Crippen LogP contribution in [0.4, 0.5) is 0 Å². The molecule has 0 atom stereocenters. The third kappa shape index (κ3) is 3.93. The summed E-state index contributed by atoms with van der Waals surface area (Å²) in [5, 5.41) is 0.707. The van der Waals surface area contributed by atoms with E-state index in [1.54, 1.807) is 25.1 Å². The molecule has 1 amide bonds. The number of hydrogen-bond acceptors (Lipinski definition) is 4. The lowest BCUT2D eigenvalue weighted by Crippen LogP contribution is -2.23. The highest BCUT2D eigenvalue weighted by molar-refractivity contribution is 8.18. The summed E-state index contributed by atoms with van der Waals surface area (Å²) in [6.45, 7) is 7.90. The van der Waals surface area contributed by atoms with Crippen LogP contribution in [-0.2, 0) is 11.2 Å². The first kappa shape index (κ1) is 17.1. The fourth-order valence-corrected chi connectivity index (χ4v) is 3.12. The largest absolute Gasteiger partial charge is 0.489 e. The molecule has 5 heteroatoms. The van der Waals surface area contributed by atoms with Gasteiger partial charge in [0.05, 0.1) is 4.91 Å². The Balaban J connectivity index is 2.31. The molecule has 1 aromatic rings. The van der Waals surface area contributed by atoms with Crippen LogP contribution in [0.5, 0.6) is 5.75 Å². The Kier molecular flexibility index (Phi) is 5.82. The molecule has 1 fully saturated rings. The van der Waals surface area contributed by atoms with Gasteiger partial charge in [-0.05, 0) is 47.5 Å². The van der Waals surface area contributed by atoms with E-state index >= 15 is 0 Å². The maximum absolute atomic E-state index is 12.2. The number of carbonyl (C=O) groups is 1. The summed E-state index contributed by atoms with van der Waals surface area (Å²) in [5.41, 5.74) is 1.98. The molecule has 120 valence electrons. The van der Waals surface area contributed by atoms with E-state index in [9.17, 15) is 4.79 Å². The first-order chi connectivity index (χ1) is 11.1. The van der Waals surface area contributed by atoms with Gasteiger partial charge in [-0.15, -0.1) is 6.58 Å². The second kappa shape index (κ2) is 7.83. The van der Waals surface area contributed by atoms with Gasteiger partial charge in [0.15, 0.2) is 5.17 Å². The average Bonchev–Trinajstić information content (AvgIpc) is 2.82. The fourth-order valence-electron chi connectivity index (χ4n) is 2.19. The van der Waals surface area contributed by atoms with E-state index in [1.165, 1.54) is 11.8 Å². The highest BCUT2D eigenvalue weighted by atomic mass is 32.2. The van der Waals surface area contributed by atoms with Gasteiger partial charge in [0, 0.05) is 14.1 Å². The van der Waals surface area contributed by atoms with Crippen molar-refractivity contribution in [1.82, 2.24) is 4.90 Å². The van der Waals surface area contributed by atoms with E-state index in [0.717, 1.165) is 16.9 Å². The molecule has 23 heavy (non-hydrogen) atoms. The number of rotatable bonds is 6. The summed E-state index contributed by atoms with van der Waals surface area (Å²) in [6, 6.07) is 5.87. The number of likely N-dealkylation sites (N-methyl/N-ethyl adjacent to an activating group) is 1. The molecule has 1 aliphatic heterocycles. The van der Waals surface area contributed by atoms with Gasteiger partial charge in [-0.2, -0.15) is 0 Å². The van der Waals surface area contributed by atoms with Gasteiger partial charge in [0.1, 0.15) is 12.4 Å². The molecule has 1 saturated heterocycles. The summed E-state index contributed by atoms with van der Waals surface area (Å²) in [6.07, 6.45) is 6.12. The van der Waals surface area contributed by atoms with Gasteiger partial charge in [-0.1, -0.05) is 24.8 Å². The predicted octanol–water partition coefficient (Wildman–Crippen LogP) is 3.51. The first-order valence-electron chi connectivity index (χ1n) is 7.22. The Labute approximate surface area is 141 Å². The van der Waals surface area contributed by atoms with Crippen molar-refractivity contribution in [3.8, 4) is 5.75 Å². The molecular formula is C18H20N2O2S. The van der Waals surface area contributed by atoms with Crippen LogP contribution < -0.4 is 4.74 Å². The number of ether oxygens (including phenoxy) is 1. The number of hydrogen-bond donors (Lipinski definition) is 0. The molecule has 0 spiro atoms. The summed E-state index contributed by atoms with van der Waals surface area (Å²) < 4.78 is 5.65. The van der Waals surface area contributed by atoms with Gasteiger partial charge < -0.3 is 4.74 Å². The number of nitrogens with zero attached hydrogens (tertiary/aromatic N) is 2. The molecular weight excluding hydrogens is 308 g/mol.